The molecule has 2 unspecified atom stereocenters. The molecule has 1 fully saturated rings. The highest BCUT2D eigenvalue weighted by Crippen LogP contribution is 2.29. The van der Waals surface area contributed by atoms with Gasteiger partial charge in [0.25, 0.3) is 0 Å². The predicted molar refractivity (Wildman–Crippen MR) is 62.8 cm³/mol. The minimum atomic E-state index is 0.130. The van der Waals surface area contributed by atoms with Crippen molar-refractivity contribution in [2.75, 3.05) is 18.1 Å². The van der Waals surface area contributed by atoms with Crippen LogP contribution in [0.2, 0.25) is 0 Å². The van der Waals surface area contributed by atoms with Crippen LogP contribution in [-0.4, -0.2) is 43.9 Å². The average molecular weight is 233 g/mol. The molecule has 17 heavy (non-hydrogen) atoms. The zero-order chi connectivity index (χ0) is 11.8. The van der Waals surface area contributed by atoms with Crippen molar-refractivity contribution in [1.82, 2.24) is 19.6 Å². The van der Waals surface area contributed by atoms with Gasteiger partial charge in [0.2, 0.25) is 5.65 Å². The molecule has 3 rings (SSSR count). The topological polar surface area (TPSA) is 66.6 Å². The van der Waals surface area contributed by atoms with Gasteiger partial charge >= 0.3 is 0 Å². The highest BCUT2D eigenvalue weighted by Gasteiger charge is 2.32. The Labute approximate surface area is 98.9 Å². The summed E-state index contributed by atoms with van der Waals surface area (Å²) in [6.45, 7) is 3.22. The number of anilines is 1. The van der Waals surface area contributed by atoms with E-state index in [1.807, 2.05) is 10.6 Å². The molecule has 6 nitrogen and oxygen atoms in total. The van der Waals surface area contributed by atoms with Gasteiger partial charge in [0.1, 0.15) is 6.33 Å². The molecule has 0 spiro atoms. The third kappa shape index (κ3) is 1.56. The van der Waals surface area contributed by atoms with Gasteiger partial charge in [0, 0.05) is 18.9 Å². The van der Waals surface area contributed by atoms with E-state index in [0.717, 1.165) is 24.4 Å². The fourth-order valence-electron chi connectivity index (χ4n) is 2.50. The maximum Gasteiger partial charge on any atom is 0.203 e. The second kappa shape index (κ2) is 3.96. The lowest BCUT2D eigenvalue weighted by Crippen LogP contribution is -2.36. The minimum Gasteiger partial charge on any atom is -0.394 e. The Morgan fingerprint density at radius 1 is 1.53 bits per heavy atom. The Morgan fingerprint density at radius 2 is 2.41 bits per heavy atom. The van der Waals surface area contributed by atoms with Crippen molar-refractivity contribution in [2.45, 2.75) is 19.4 Å². The van der Waals surface area contributed by atoms with E-state index in [2.05, 4.69) is 27.0 Å². The Balaban J connectivity index is 2.06. The molecule has 0 aliphatic carbocycles. The van der Waals surface area contributed by atoms with Gasteiger partial charge in [-0.05, 0) is 12.3 Å². The number of aromatic nitrogens is 4. The molecule has 0 bridgehead atoms. The van der Waals surface area contributed by atoms with Crippen molar-refractivity contribution in [3.05, 3.63) is 18.7 Å². The molecule has 1 N–H and O–H groups in total. The molecule has 2 aromatic heterocycles. The normalized spacial score (nSPS) is 24.7. The number of hydrogen-bond donors (Lipinski definition) is 1. The first-order chi connectivity index (χ1) is 8.31. The Hall–Kier alpha value is -1.69. The number of hydrogen-bond acceptors (Lipinski definition) is 5. The predicted octanol–water partition coefficient (Wildman–Crippen LogP) is 0.331. The lowest BCUT2D eigenvalue weighted by Gasteiger charge is -2.26. The smallest absolute Gasteiger partial charge is 0.203 e. The van der Waals surface area contributed by atoms with Crippen LogP contribution < -0.4 is 4.90 Å². The van der Waals surface area contributed by atoms with Crippen molar-refractivity contribution in [2.24, 2.45) is 5.92 Å². The first kappa shape index (κ1) is 10.5. The van der Waals surface area contributed by atoms with E-state index in [9.17, 15) is 5.11 Å². The number of aliphatic hydroxyl groups excluding tert-OH is 1. The van der Waals surface area contributed by atoms with Crippen LogP contribution in [0, 0.1) is 5.92 Å². The third-order valence-electron chi connectivity index (χ3n) is 3.54. The molecule has 2 aromatic rings. The maximum absolute atomic E-state index is 9.48. The number of nitrogens with zero attached hydrogens (tertiary/aromatic N) is 5. The van der Waals surface area contributed by atoms with Crippen molar-refractivity contribution in [3.63, 3.8) is 0 Å². The summed E-state index contributed by atoms with van der Waals surface area (Å²) in [5.41, 5.74) is 0.750. The SMILES string of the molecule is CC1CCN(c2nccn3cnnc23)C1CO. The third-order valence-corrected chi connectivity index (χ3v) is 3.54. The van der Waals surface area contributed by atoms with E-state index in [-0.39, 0.29) is 12.6 Å². The summed E-state index contributed by atoms with van der Waals surface area (Å²) in [5.74, 6) is 1.29. The van der Waals surface area contributed by atoms with E-state index >= 15 is 0 Å². The molecule has 6 heteroatoms. The summed E-state index contributed by atoms with van der Waals surface area (Å²) in [5, 5.41) is 17.4. The van der Waals surface area contributed by atoms with E-state index in [4.69, 9.17) is 0 Å². The summed E-state index contributed by atoms with van der Waals surface area (Å²) in [6, 6.07) is 0.130. The lowest BCUT2D eigenvalue weighted by molar-refractivity contribution is 0.244. The minimum absolute atomic E-state index is 0.130. The Kier molecular flexibility index (Phi) is 2.44. The fourth-order valence-corrected chi connectivity index (χ4v) is 2.50. The first-order valence-corrected chi connectivity index (χ1v) is 5.83. The Morgan fingerprint density at radius 3 is 3.24 bits per heavy atom. The van der Waals surface area contributed by atoms with E-state index in [1.54, 1.807) is 12.5 Å². The largest absolute Gasteiger partial charge is 0.394 e. The van der Waals surface area contributed by atoms with Crippen molar-refractivity contribution in [3.8, 4) is 0 Å². The van der Waals surface area contributed by atoms with Crippen LogP contribution in [-0.2, 0) is 0 Å². The van der Waals surface area contributed by atoms with E-state index < -0.39 is 0 Å². The summed E-state index contributed by atoms with van der Waals surface area (Å²) in [6.07, 6.45) is 6.30. The molecular formula is C11H15N5O. The fraction of sp³-hybridized carbons (Fsp3) is 0.545. The van der Waals surface area contributed by atoms with Gasteiger partial charge in [-0.1, -0.05) is 6.92 Å². The van der Waals surface area contributed by atoms with Crippen LogP contribution in [0.3, 0.4) is 0 Å². The number of aliphatic hydroxyl groups is 1. The average Bonchev–Trinajstić information content (AvgIpc) is 2.94. The monoisotopic (exact) mass is 233 g/mol. The van der Waals surface area contributed by atoms with Gasteiger partial charge in [-0.2, -0.15) is 0 Å². The van der Waals surface area contributed by atoms with Gasteiger partial charge in [-0.25, -0.2) is 4.98 Å². The molecule has 0 aromatic carbocycles. The highest BCUT2D eigenvalue weighted by atomic mass is 16.3. The quantitative estimate of drug-likeness (QED) is 0.809. The lowest BCUT2D eigenvalue weighted by atomic mass is 10.0. The van der Waals surface area contributed by atoms with Crippen LogP contribution >= 0.6 is 0 Å². The first-order valence-electron chi connectivity index (χ1n) is 5.83. The van der Waals surface area contributed by atoms with Crippen LogP contribution in [0.4, 0.5) is 5.82 Å². The molecule has 1 aliphatic rings. The van der Waals surface area contributed by atoms with Gasteiger partial charge in [0.15, 0.2) is 5.82 Å². The molecular weight excluding hydrogens is 218 g/mol. The standard InChI is InChI=1S/C11H15N5O/c1-8-2-4-16(9(8)6-17)10-11-14-13-7-15(11)5-3-12-10/h3,5,7-9,17H,2,4,6H2,1H3. The van der Waals surface area contributed by atoms with Crippen molar-refractivity contribution < 1.29 is 5.11 Å². The molecule has 90 valence electrons. The molecule has 1 aliphatic heterocycles. The Bertz CT molecular complexity index is 525. The molecule has 1 saturated heterocycles. The van der Waals surface area contributed by atoms with Gasteiger partial charge in [-0.15, -0.1) is 10.2 Å². The zero-order valence-electron chi connectivity index (χ0n) is 9.69. The summed E-state index contributed by atoms with van der Waals surface area (Å²) in [7, 11) is 0. The zero-order valence-corrected chi connectivity index (χ0v) is 9.69. The van der Waals surface area contributed by atoms with E-state index in [0.29, 0.717) is 5.92 Å². The molecule has 0 saturated carbocycles. The second-order valence-corrected chi connectivity index (χ2v) is 4.52. The van der Waals surface area contributed by atoms with Crippen LogP contribution in [0.5, 0.6) is 0 Å². The van der Waals surface area contributed by atoms with Gasteiger partial charge < -0.3 is 10.0 Å². The second-order valence-electron chi connectivity index (χ2n) is 4.52. The molecule has 0 amide bonds. The van der Waals surface area contributed by atoms with Crippen LogP contribution in [0.25, 0.3) is 5.65 Å². The maximum atomic E-state index is 9.48. The summed E-state index contributed by atoms with van der Waals surface area (Å²) in [4.78, 5) is 6.52. The van der Waals surface area contributed by atoms with Gasteiger partial charge in [0.05, 0.1) is 12.6 Å². The van der Waals surface area contributed by atoms with Crippen LogP contribution in [0.15, 0.2) is 18.7 Å². The summed E-state index contributed by atoms with van der Waals surface area (Å²) >= 11 is 0. The van der Waals surface area contributed by atoms with E-state index in [1.165, 1.54) is 0 Å². The summed E-state index contributed by atoms with van der Waals surface area (Å²) < 4.78 is 1.85. The molecule has 3 heterocycles. The highest BCUT2D eigenvalue weighted by molar-refractivity contribution is 5.64. The number of fused-ring (bicyclic) bond motifs is 1. The molecule has 0 radical (unpaired) electrons. The van der Waals surface area contributed by atoms with Crippen LogP contribution in [0.1, 0.15) is 13.3 Å². The number of rotatable bonds is 2. The van der Waals surface area contributed by atoms with Gasteiger partial charge in [-0.3, -0.25) is 4.40 Å². The van der Waals surface area contributed by atoms with Crippen molar-refractivity contribution in [1.29, 1.82) is 0 Å². The molecule has 2 atom stereocenters. The van der Waals surface area contributed by atoms with Crippen molar-refractivity contribution >= 4 is 11.5 Å².